The summed E-state index contributed by atoms with van der Waals surface area (Å²) in [4.78, 5) is 25.3. The fraction of sp³-hybridized carbons (Fsp3) is 0.467. The second-order valence-electron chi connectivity index (χ2n) is 5.32. The molecule has 2 rings (SSSR count). The number of rotatable bonds is 4. The Morgan fingerprint density at radius 2 is 2.19 bits per heavy atom. The summed E-state index contributed by atoms with van der Waals surface area (Å²) >= 11 is 0. The third-order valence-corrected chi connectivity index (χ3v) is 3.79. The number of benzene rings is 1. The molecule has 0 spiro atoms. The fourth-order valence-electron chi connectivity index (χ4n) is 2.65. The van der Waals surface area contributed by atoms with Crippen LogP contribution in [0.25, 0.3) is 0 Å². The standard InChI is InChI=1S/C15H22N4O2/c1-2-18-15(21)10-5-6-12(16)13(8-10)19-7-3-4-11(9-19)14(17)20/h5-6,8,11H,2-4,7,9,16H2,1H3,(H2,17,20)(H,18,21). The quantitative estimate of drug-likeness (QED) is 0.711. The monoisotopic (exact) mass is 290 g/mol. The predicted molar refractivity (Wildman–Crippen MR) is 83.0 cm³/mol. The zero-order chi connectivity index (χ0) is 15.4. The van der Waals surface area contributed by atoms with E-state index in [0.29, 0.717) is 24.3 Å². The average Bonchev–Trinajstić information content (AvgIpc) is 2.48. The molecule has 1 aliphatic heterocycles. The van der Waals surface area contributed by atoms with Crippen LogP contribution in [-0.2, 0) is 4.79 Å². The number of nitrogens with one attached hydrogen (secondary N) is 1. The molecule has 5 N–H and O–H groups in total. The molecule has 6 heteroatoms. The first-order valence-electron chi connectivity index (χ1n) is 7.25. The van der Waals surface area contributed by atoms with E-state index in [1.54, 1.807) is 18.2 Å². The largest absolute Gasteiger partial charge is 0.397 e. The maximum absolute atomic E-state index is 11.9. The number of nitrogens with two attached hydrogens (primary N) is 2. The van der Waals surface area contributed by atoms with E-state index in [-0.39, 0.29) is 17.7 Å². The van der Waals surface area contributed by atoms with Crippen LogP contribution in [0.3, 0.4) is 0 Å². The summed E-state index contributed by atoms with van der Waals surface area (Å²) in [5, 5.41) is 2.77. The number of nitrogen functional groups attached to an aromatic ring is 1. The van der Waals surface area contributed by atoms with Gasteiger partial charge < -0.3 is 21.7 Å². The summed E-state index contributed by atoms with van der Waals surface area (Å²) in [5.41, 5.74) is 13.4. The molecule has 0 aromatic heterocycles. The Morgan fingerprint density at radius 1 is 1.43 bits per heavy atom. The molecule has 0 radical (unpaired) electrons. The highest BCUT2D eigenvalue weighted by atomic mass is 16.2. The van der Waals surface area contributed by atoms with Crippen molar-refractivity contribution in [3.63, 3.8) is 0 Å². The van der Waals surface area contributed by atoms with Gasteiger partial charge in [0.15, 0.2) is 0 Å². The van der Waals surface area contributed by atoms with Crippen molar-refractivity contribution in [3.8, 4) is 0 Å². The average molecular weight is 290 g/mol. The molecule has 1 unspecified atom stereocenters. The zero-order valence-corrected chi connectivity index (χ0v) is 12.3. The second kappa shape index (κ2) is 6.47. The van der Waals surface area contributed by atoms with Gasteiger partial charge in [-0.05, 0) is 38.0 Å². The number of primary amides is 1. The molecule has 21 heavy (non-hydrogen) atoms. The molecule has 1 saturated heterocycles. The van der Waals surface area contributed by atoms with Crippen molar-refractivity contribution in [2.75, 3.05) is 30.3 Å². The van der Waals surface area contributed by atoms with Crippen LogP contribution in [0.4, 0.5) is 11.4 Å². The number of hydrogen-bond donors (Lipinski definition) is 3. The number of amides is 2. The Labute approximate surface area is 124 Å². The predicted octanol–water partition coefficient (Wildman–Crippen LogP) is 0.720. The molecule has 1 aromatic rings. The van der Waals surface area contributed by atoms with E-state index in [1.165, 1.54) is 0 Å². The first kappa shape index (κ1) is 15.2. The number of nitrogens with zero attached hydrogens (tertiary/aromatic N) is 1. The van der Waals surface area contributed by atoms with Crippen molar-refractivity contribution in [1.82, 2.24) is 5.32 Å². The van der Waals surface area contributed by atoms with Gasteiger partial charge in [0.2, 0.25) is 5.91 Å². The Balaban J connectivity index is 2.23. The van der Waals surface area contributed by atoms with Gasteiger partial charge in [-0.15, -0.1) is 0 Å². The number of carbonyl (C=O) groups is 2. The Hall–Kier alpha value is -2.24. The molecule has 1 fully saturated rings. The van der Waals surface area contributed by atoms with E-state index >= 15 is 0 Å². The molecule has 1 atom stereocenters. The minimum Gasteiger partial charge on any atom is -0.397 e. The Morgan fingerprint density at radius 3 is 2.86 bits per heavy atom. The smallest absolute Gasteiger partial charge is 0.251 e. The van der Waals surface area contributed by atoms with E-state index in [2.05, 4.69) is 5.32 Å². The van der Waals surface area contributed by atoms with Crippen LogP contribution >= 0.6 is 0 Å². The summed E-state index contributed by atoms with van der Waals surface area (Å²) in [7, 11) is 0. The molecule has 1 aliphatic rings. The summed E-state index contributed by atoms with van der Waals surface area (Å²) in [6, 6.07) is 5.22. The van der Waals surface area contributed by atoms with Crippen molar-refractivity contribution in [2.45, 2.75) is 19.8 Å². The summed E-state index contributed by atoms with van der Waals surface area (Å²) < 4.78 is 0. The van der Waals surface area contributed by atoms with Crippen molar-refractivity contribution in [2.24, 2.45) is 11.7 Å². The highest BCUT2D eigenvalue weighted by Crippen LogP contribution is 2.29. The number of anilines is 2. The minimum absolute atomic E-state index is 0.123. The molecule has 114 valence electrons. The maximum atomic E-state index is 11.9. The van der Waals surface area contributed by atoms with E-state index in [9.17, 15) is 9.59 Å². The third kappa shape index (κ3) is 3.45. The molecule has 1 heterocycles. The van der Waals surface area contributed by atoms with Crippen molar-refractivity contribution in [1.29, 1.82) is 0 Å². The normalized spacial score (nSPS) is 18.3. The van der Waals surface area contributed by atoms with E-state index < -0.39 is 0 Å². The van der Waals surface area contributed by atoms with Crippen LogP contribution in [0.2, 0.25) is 0 Å². The van der Waals surface area contributed by atoms with Gasteiger partial charge in [0.25, 0.3) is 5.91 Å². The second-order valence-corrected chi connectivity index (χ2v) is 5.32. The summed E-state index contributed by atoms with van der Waals surface area (Å²) in [5.74, 6) is -0.563. The highest BCUT2D eigenvalue weighted by Gasteiger charge is 2.25. The molecule has 2 amide bonds. The summed E-state index contributed by atoms with van der Waals surface area (Å²) in [6.07, 6.45) is 1.69. The van der Waals surface area contributed by atoms with Gasteiger partial charge in [-0.3, -0.25) is 9.59 Å². The van der Waals surface area contributed by atoms with E-state index in [0.717, 1.165) is 25.1 Å². The molecular formula is C15H22N4O2. The zero-order valence-electron chi connectivity index (χ0n) is 12.3. The number of carbonyl (C=O) groups excluding carboxylic acids is 2. The molecule has 0 aliphatic carbocycles. The van der Waals surface area contributed by atoms with Crippen LogP contribution < -0.4 is 21.7 Å². The van der Waals surface area contributed by atoms with E-state index in [1.807, 2.05) is 11.8 Å². The lowest BCUT2D eigenvalue weighted by Gasteiger charge is -2.33. The Kier molecular flexibility index (Phi) is 4.67. The van der Waals surface area contributed by atoms with Crippen LogP contribution in [-0.4, -0.2) is 31.4 Å². The first-order chi connectivity index (χ1) is 10.0. The van der Waals surface area contributed by atoms with Gasteiger partial charge >= 0.3 is 0 Å². The first-order valence-corrected chi connectivity index (χ1v) is 7.25. The van der Waals surface area contributed by atoms with Crippen LogP contribution in [0, 0.1) is 5.92 Å². The highest BCUT2D eigenvalue weighted by molar-refractivity contribution is 5.96. The van der Waals surface area contributed by atoms with Crippen molar-refractivity contribution in [3.05, 3.63) is 23.8 Å². The van der Waals surface area contributed by atoms with Gasteiger partial charge in [-0.2, -0.15) is 0 Å². The lowest BCUT2D eigenvalue weighted by Crippen LogP contribution is -2.41. The maximum Gasteiger partial charge on any atom is 0.251 e. The Bertz CT molecular complexity index is 544. The van der Waals surface area contributed by atoms with Crippen molar-refractivity contribution >= 4 is 23.2 Å². The van der Waals surface area contributed by atoms with Gasteiger partial charge in [0.05, 0.1) is 17.3 Å². The molecule has 1 aromatic carbocycles. The third-order valence-electron chi connectivity index (χ3n) is 3.79. The van der Waals surface area contributed by atoms with Gasteiger partial charge in [0.1, 0.15) is 0 Å². The van der Waals surface area contributed by atoms with E-state index in [4.69, 9.17) is 11.5 Å². The molecular weight excluding hydrogens is 268 g/mol. The van der Waals surface area contributed by atoms with Gasteiger partial charge in [0, 0.05) is 25.2 Å². The van der Waals surface area contributed by atoms with Crippen LogP contribution in [0.1, 0.15) is 30.1 Å². The topological polar surface area (TPSA) is 101 Å². The minimum atomic E-state index is -0.279. The lowest BCUT2D eigenvalue weighted by atomic mass is 9.96. The van der Waals surface area contributed by atoms with Gasteiger partial charge in [-0.1, -0.05) is 0 Å². The fourth-order valence-corrected chi connectivity index (χ4v) is 2.65. The number of piperidine rings is 1. The molecule has 0 saturated carbocycles. The molecule has 0 bridgehead atoms. The number of hydrogen-bond acceptors (Lipinski definition) is 4. The van der Waals surface area contributed by atoms with Crippen LogP contribution in [0.15, 0.2) is 18.2 Å². The van der Waals surface area contributed by atoms with Crippen LogP contribution in [0.5, 0.6) is 0 Å². The summed E-state index contributed by atoms with van der Waals surface area (Å²) in [6.45, 7) is 3.81. The van der Waals surface area contributed by atoms with Gasteiger partial charge in [-0.25, -0.2) is 0 Å². The van der Waals surface area contributed by atoms with Crippen molar-refractivity contribution < 1.29 is 9.59 Å². The SMILES string of the molecule is CCNC(=O)c1ccc(N)c(N2CCCC(C(N)=O)C2)c1. The molecule has 6 nitrogen and oxygen atoms in total. The lowest BCUT2D eigenvalue weighted by molar-refractivity contribution is -0.122.